The lowest BCUT2D eigenvalue weighted by atomic mass is 9.94. The molecule has 29 heavy (non-hydrogen) atoms. The van der Waals surface area contributed by atoms with Gasteiger partial charge in [-0.3, -0.25) is 4.79 Å². The number of fused-ring (bicyclic) bond motifs is 1. The summed E-state index contributed by atoms with van der Waals surface area (Å²) in [5, 5.41) is 10.1. The van der Waals surface area contributed by atoms with Gasteiger partial charge in [0.05, 0.1) is 30.8 Å². The van der Waals surface area contributed by atoms with Crippen molar-refractivity contribution in [3.8, 4) is 0 Å². The molecule has 4 rings (SSSR count). The number of amidine groups is 1. The normalized spacial score (nSPS) is 32.6. The van der Waals surface area contributed by atoms with E-state index in [0.29, 0.717) is 47.4 Å². The first-order valence-electron chi connectivity index (χ1n) is 10.4. The van der Waals surface area contributed by atoms with E-state index in [1.54, 1.807) is 17.8 Å². The van der Waals surface area contributed by atoms with Crippen LogP contribution in [0.5, 0.6) is 0 Å². The highest BCUT2D eigenvalue weighted by Crippen LogP contribution is 2.31. The molecule has 0 radical (unpaired) electrons. The average Bonchev–Trinajstić information content (AvgIpc) is 2.72. The summed E-state index contributed by atoms with van der Waals surface area (Å²) in [6.07, 6.45) is 8.31. The number of rotatable bonds is 6. The van der Waals surface area contributed by atoms with Crippen LogP contribution < -0.4 is 0 Å². The van der Waals surface area contributed by atoms with E-state index in [1.165, 1.54) is 6.08 Å². The Morgan fingerprint density at radius 2 is 2.03 bits per heavy atom. The molecule has 6 nitrogen and oxygen atoms in total. The van der Waals surface area contributed by atoms with Gasteiger partial charge in [-0.2, -0.15) is 16.8 Å². The van der Waals surface area contributed by atoms with Gasteiger partial charge >= 0.3 is 0 Å². The van der Waals surface area contributed by atoms with E-state index >= 15 is 0 Å². The number of carbonyl (C=O) groups is 1. The van der Waals surface area contributed by atoms with Crippen molar-refractivity contribution in [2.75, 3.05) is 25.6 Å². The molecule has 2 fully saturated rings. The van der Waals surface area contributed by atoms with Crippen LogP contribution in [-0.2, 0) is 14.3 Å². The molecule has 1 N–H and O–H groups in total. The number of amides is 1. The Labute approximate surface area is 174 Å². The van der Waals surface area contributed by atoms with Crippen LogP contribution in [0.15, 0.2) is 33.7 Å². The molecule has 0 aromatic rings. The van der Waals surface area contributed by atoms with Crippen LogP contribution in [-0.4, -0.2) is 59.5 Å². The number of nitrogens with zero attached hydrogens (tertiary/aromatic N) is 2. The monoisotopic (exact) mass is 422 g/mol. The molecule has 2 aliphatic heterocycles. The maximum absolute atomic E-state index is 14.5. The van der Waals surface area contributed by atoms with Gasteiger partial charge in [0.25, 0.3) is 5.91 Å². The minimum absolute atomic E-state index is 0.192. The molecule has 0 aromatic carbocycles. The Bertz CT molecular complexity index is 750. The van der Waals surface area contributed by atoms with Crippen molar-refractivity contribution in [2.24, 2.45) is 21.8 Å². The van der Waals surface area contributed by atoms with Crippen molar-refractivity contribution in [3.05, 3.63) is 23.7 Å². The number of aliphatic hydroxyl groups excluding tert-OH is 1. The molecule has 2 heterocycles. The first kappa shape index (κ1) is 20.8. The van der Waals surface area contributed by atoms with Gasteiger partial charge in [-0.1, -0.05) is 0 Å². The third-order valence-corrected chi connectivity index (χ3v) is 7.09. The molecule has 1 amide bonds. The van der Waals surface area contributed by atoms with Crippen molar-refractivity contribution in [1.82, 2.24) is 0 Å². The van der Waals surface area contributed by atoms with Crippen molar-refractivity contribution in [1.29, 1.82) is 0 Å². The van der Waals surface area contributed by atoms with E-state index in [-0.39, 0.29) is 6.10 Å². The van der Waals surface area contributed by atoms with Crippen LogP contribution >= 0.6 is 11.8 Å². The first-order chi connectivity index (χ1) is 14.1. The van der Waals surface area contributed by atoms with E-state index in [2.05, 4.69) is 9.98 Å². The highest BCUT2D eigenvalue weighted by atomic mass is 32.2. The summed E-state index contributed by atoms with van der Waals surface area (Å²) in [7, 11) is 0. The molecule has 2 aliphatic carbocycles. The zero-order chi connectivity index (χ0) is 20.2. The van der Waals surface area contributed by atoms with Gasteiger partial charge in [-0.15, -0.1) is 0 Å². The Hall–Kier alpha value is -1.51. The summed E-state index contributed by atoms with van der Waals surface area (Å²) >= 11 is 1.70. The summed E-state index contributed by atoms with van der Waals surface area (Å²) in [6.45, 7) is 1.91. The van der Waals surface area contributed by atoms with E-state index in [9.17, 15) is 14.3 Å². The second-order valence-electron chi connectivity index (χ2n) is 8.05. The van der Waals surface area contributed by atoms with Gasteiger partial charge in [0.1, 0.15) is 23.3 Å². The molecule has 4 aliphatic rings. The fourth-order valence-corrected chi connectivity index (χ4v) is 5.16. The molecule has 0 bridgehead atoms. The molecule has 0 aromatic heterocycles. The lowest BCUT2D eigenvalue weighted by Crippen LogP contribution is -2.31. The van der Waals surface area contributed by atoms with Gasteiger partial charge < -0.3 is 14.6 Å². The van der Waals surface area contributed by atoms with Crippen molar-refractivity contribution >= 4 is 29.2 Å². The number of allylic oxidation sites excluding steroid dienone is 2. The Morgan fingerprint density at radius 1 is 1.21 bits per heavy atom. The average molecular weight is 423 g/mol. The number of thioether (sulfide) groups is 1. The lowest BCUT2D eigenvalue weighted by molar-refractivity contribution is -0.119. The van der Waals surface area contributed by atoms with Crippen LogP contribution in [0.4, 0.5) is 4.39 Å². The SMILES string of the molecule is O=C1N=C(CSC2CCC(O)CC2)N=C2C=C(OCC3CCCOC3)C=C(F)C12. The Morgan fingerprint density at radius 3 is 2.79 bits per heavy atom. The van der Waals surface area contributed by atoms with E-state index < -0.39 is 17.7 Å². The first-order valence-corrected chi connectivity index (χ1v) is 11.4. The maximum Gasteiger partial charge on any atom is 0.263 e. The number of ether oxygens (including phenoxy) is 2. The third kappa shape index (κ3) is 5.35. The topological polar surface area (TPSA) is 80.5 Å². The number of aliphatic imine (C=N–C) groups is 2. The van der Waals surface area contributed by atoms with Crippen LogP contribution in [0.3, 0.4) is 0 Å². The predicted molar refractivity (Wildman–Crippen MR) is 111 cm³/mol. The maximum atomic E-state index is 14.5. The smallest absolute Gasteiger partial charge is 0.263 e. The van der Waals surface area contributed by atoms with Crippen LogP contribution in [0.1, 0.15) is 38.5 Å². The molecule has 1 saturated carbocycles. The fraction of sp³-hybridized carbons (Fsp3) is 0.667. The highest BCUT2D eigenvalue weighted by molar-refractivity contribution is 8.00. The zero-order valence-electron chi connectivity index (χ0n) is 16.4. The summed E-state index contributed by atoms with van der Waals surface area (Å²) in [5.74, 6) is -0.473. The number of hydrogen-bond acceptors (Lipinski definition) is 6. The quantitative estimate of drug-likeness (QED) is 0.711. The number of halogens is 1. The lowest BCUT2D eigenvalue weighted by Gasteiger charge is -2.26. The molecule has 8 heteroatoms. The van der Waals surface area contributed by atoms with Gasteiger partial charge in [-0.25, -0.2) is 9.38 Å². The van der Waals surface area contributed by atoms with Crippen molar-refractivity contribution < 1.29 is 23.8 Å². The molecule has 0 spiro atoms. The summed E-state index contributed by atoms with van der Waals surface area (Å²) < 4.78 is 25.8. The molecule has 1 saturated heterocycles. The summed E-state index contributed by atoms with van der Waals surface area (Å²) in [5.41, 5.74) is 0.370. The molecule has 2 atom stereocenters. The molecular formula is C21H27FN2O4S. The van der Waals surface area contributed by atoms with E-state index in [1.807, 2.05) is 0 Å². The van der Waals surface area contributed by atoms with Crippen LogP contribution in [0, 0.1) is 11.8 Å². The largest absolute Gasteiger partial charge is 0.493 e. The third-order valence-electron chi connectivity index (χ3n) is 5.72. The van der Waals surface area contributed by atoms with Gasteiger partial charge in [0.15, 0.2) is 0 Å². The second-order valence-corrected chi connectivity index (χ2v) is 9.34. The highest BCUT2D eigenvalue weighted by Gasteiger charge is 2.35. The molecule has 2 unspecified atom stereocenters. The van der Waals surface area contributed by atoms with Gasteiger partial charge in [-0.05, 0) is 38.5 Å². The van der Waals surface area contributed by atoms with Crippen LogP contribution in [0.2, 0.25) is 0 Å². The Kier molecular flexibility index (Phi) is 6.82. The van der Waals surface area contributed by atoms with E-state index in [0.717, 1.165) is 45.1 Å². The minimum Gasteiger partial charge on any atom is -0.493 e. The van der Waals surface area contributed by atoms with Crippen molar-refractivity contribution in [2.45, 2.75) is 49.9 Å². The molecule has 158 valence electrons. The minimum atomic E-state index is -1.04. The Balaban J connectivity index is 1.37. The summed E-state index contributed by atoms with van der Waals surface area (Å²) in [6, 6.07) is 0. The molecular weight excluding hydrogens is 395 g/mol. The number of hydrogen-bond donors (Lipinski definition) is 1. The second kappa shape index (κ2) is 9.53. The number of aliphatic hydroxyl groups is 1. The predicted octanol–water partition coefficient (Wildman–Crippen LogP) is 3.21. The number of carbonyl (C=O) groups excluding carboxylic acids is 1. The standard InChI is InChI=1S/C21H27FN2O4S/c22-17-8-15(28-11-13-2-1-7-27-10-13)9-18-20(17)21(26)24-19(23-18)12-29-16-5-3-14(25)4-6-16/h8-9,13-14,16,20,25H,1-7,10-12H2. The summed E-state index contributed by atoms with van der Waals surface area (Å²) in [4.78, 5) is 20.9. The zero-order valence-corrected chi connectivity index (χ0v) is 17.2. The van der Waals surface area contributed by atoms with Gasteiger partial charge in [0.2, 0.25) is 0 Å². The van der Waals surface area contributed by atoms with E-state index in [4.69, 9.17) is 9.47 Å². The fourth-order valence-electron chi connectivity index (χ4n) is 4.04. The van der Waals surface area contributed by atoms with Crippen LogP contribution in [0.25, 0.3) is 0 Å². The van der Waals surface area contributed by atoms with Crippen molar-refractivity contribution in [3.63, 3.8) is 0 Å². The van der Waals surface area contributed by atoms with Gasteiger partial charge in [0, 0.05) is 29.9 Å².